The number of imidazole rings is 1. The molecule has 0 fully saturated rings. The number of allylic oxidation sites excluding steroid dienone is 1. The van der Waals surface area contributed by atoms with Crippen LogP contribution in [0.2, 0.25) is 0 Å². The molecule has 0 amide bonds. The molecule has 116 valence electrons. The molecule has 7 heteroatoms. The molecule has 0 saturated heterocycles. The van der Waals surface area contributed by atoms with Gasteiger partial charge in [-0.2, -0.15) is 0 Å². The summed E-state index contributed by atoms with van der Waals surface area (Å²) in [6.07, 6.45) is 2.79. The average molecular weight is 336 g/mol. The van der Waals surface area contributed by atoms with Crippen LogP contribution in [0, 0.1) is 0 Å². The van der Waals surface area contributed by atoms with Gasteiger partial charge in [-0.15, -0.1) is 11.3 Å². The lowest BCUT2D eigenvalue weighted by Gasteiger charge is -2.07. The summed E-state index contributed by atoms with van der Waals surface area (Å²) in [7, 11) is 0. The molecular formula is C15H16N2O3S2. The average Bonchev–Trinajstić information content (AvgIpc) is 3.03. The van der Waals surface area contributed by atoms with Crippen LogP contribution in [0.15, 0.2) is 22.1 Å². The number of thioether (sulfide) groups is 1. The van der Waals surface area contributed by atoms with Crippen molar-refractivity contribution in [3.63, 3.8) is 0 Å². The first-order valence-corrected chi connectivity index (χ1v) is 8.81. The Morgan fingerprint density at radius 2 is 2.27 bits per heavy atom. The molecule has 22 heavy (non-hydrogen) atoms. The SMILES string of the molecule is C=C(C)Cn1c(SCC(=O)O)nc2c(=O)c3c(sc21)CCC3. The Kier molecular flexibility index (Phi) is 4.10. The second-order valence-electron chi connectivity index (χ2n) is 5.46. The second kappa shape index (κ2) is 5.89. The number of aryl methyl sites for hydroxylation is 1. The van der Waals surface area contributed by atoms with Crippen LogP contribution in [-0.4, -0.2) is 26.4 Å². The zero-order valence-electron chi connectivity index (χ0n) is 12.2. The highest BCUT2D eigenvalue weighted by atomic mass is 32.2. The molecule has 0 aliphatic heterocycles. The summed E-state index contributed by atoms with van der Waals surface area (Å²) in [5.74, 6) is -0.967. The van der Waals surface area contributed by atoms with Crippen molar-refractivity contribution in [3.8, 4) is 0 Å². The highest BCUT2D eigenvalue weighted by molar-refractivity contribution is 7.99. The van der Waals surface area contributed by atoms with Gasteiger partial charge < -0.3 is 9.67 Å². The summed E-state index contributed by atoms with van der Waals surface area (Å²) in [6.45, 7) is 6.38. The number of aliphatic carboxylic acids is 1. The van der Waals surface area contributed by atoms with Crippen molar-refractivity contribution in [1.82, 2.24) is 9.55 Å². The standard InChI is InChI=1S/C15H16N2O3S2/c1-8(2)6-17-14-12(16-15(17)21-7-11(18)19)13(20)9-4-3-5-10(9)22-14/h1,3-7H2,2H3,(H,18,19). The fraction of sp³-hybridized carbons (Fsp3) is 0.400. The minimum atomic E-state index is -0.896. The predicted molar refractivity (Wildman–Crippen MR) is 89.1 cm³/mol. The van der Waals surface area contributed by atoms with E-state index in [9.17, 15) is 9.59 Å². The van der Waals surface area contributed by atoms with Crippen molar-refractivity contribution >= 4 is 39.4 Å². The Labute approximate surface area is 135 Å². The summed E-state index contributed by atoms with van der Waals surface area (Å²) in [6, 6.07) is 0. The Bertz CT molecular complexity index is 835. The minimum Gasteiger partial charge on any atom is -0.481 e. The molecule has 0 spiro atoms. The van der Waals surface area contributed by atoms with Gasteiger partial charge in [0.05, 0.1) is 5.75 Å². The number of hydrogen-bond donors (Lipinski definition) is 1. The molecule has 1 N–H and O–H groups in total. The third kappa shape index (κ3) is 2.70. The molecule has 5 nitrogen and oxygen atoms in total. The maximum atomic E-state index is 12.6. The van der Waals surface area contributed by atoms with Crippen LogP contribution in [0.3, 0.4) is 0 Å². The highest BCUT2D eigenvalue weighted by Gasteiger charge is 2.22. The van der Waals surface area contributed by atoms with E-state index in [2.05, 4.69) is 11.6 Å². The van der Waals surface area contributed by atoms with E-state index in [1.54, 1.807) is 11.3 Å². The first kappa shape index (κ1) is 15.3. The highest BCUT2D eigenvalue weighted by Crippen LogP contribution is 2.32. The van der Waals surface area contributed by atoms with E-state index >= 15 is 0 Å². The van der Waals surface area contributed by atoms with Crippen molar-refractivity contribution in [2.24, 2.45) is 0 Å². The predicted octanol–water partition coefficient (Wildman–Crippen LogP) is 2.70. The molecule has 3 rings (SSSR count). The number of carboxylic acids is 1. The summed E-state index contributed by atoms with van der Waals surface area (Å²) < 4.78 is 1.93. The van der Waals surface area contributed by atoms with Crippen molar-refractivity contribution < 1.29 is 9.90 Å². The quantitative estimate of drug-likeness (QED) is 0.671. The smallest absolute Gasteiger partial charge is 0.313 e. The van der Waals surface area contributed by atoms with Crippen LogP contribution in [0.1, 0.15) is 23.8 Å². The Hall–Kier alpha value is -1.60. The van der Waals surface area contributed by atoms with Gasteiger partial charge in [-0.25, -0.2) is 4.98 Å². The van der Waals surface area contributed by atoms with Gasteiger partial charge in [-0.05, 0) is 26.2 Å². The van der Waals surface area contributed by atoms with E-state index in [0.717, 1.165) is 51.9 Å². The van der Waals surface area contributed by atoms with Crippen LogP contribution in [0.5, 0.6) is 0 Å². The van der Waals surface area contributed by atoms with Gasteiger partial charge in [0.15, 0.2) is 5.16 Å². The van der Waals surface area contributed by atoms with E-state index in [4.69, 9.17) is 5.11 Å². The van der Waals surface area contributed by atoms with E-state index in [1.165, 1.54) is 0 Å². The zero-order valence-corrected chi connectivity index (χ0v) is 13.9. The number of fused-ring (bicyclic) bond motifs is 2. The lowest BCUT2D eigenvalue weighted by Crippen LogP contribution is -2.08. The number of nitrogens with zero attached hydrogens (tertiary/aromatic N) is 2. The number of carbonyl (C=O) groups is 1. The third-order valence-electron chi connectivity index (χ3n) is 3.52. The van der Waals surface area contributed by atoms with Gasteiger partial charge in [0, 0.05) is 17.0 Å². The molecule has 0 atom stereocenters. The molecule has 2 aromatic heterocycles. The first-order valence-electron chi connectivity index (χ1n) is 7.01. The molecule has 2 aromatic rings. The summed E-state index contributed by atoms with van der Waals surface area (Å²) in [5, 5.41) is 9.46. The van der Waals surface area contributed by atoms with Crippen LogP contribution in [0.4, 0.5) is 0 Å². The number of aromatic nitrogens is 2. The summed E-state index contributed by atoms with van der Waals surface area (Å²) in [5.41, 5.74) is 2.32. The number of rotatable bonds is 5. The maximum Gasteiger partial charge on any atom is 0.313 e. The third-order valence-corrected chi connectivity index (χ3v) is 5.78. The molecule has 0 aromatic carbocycles. The van der Waals surface area contributed by atoms with Crippen molar-refractivity contribution in [2.75, 3.05) is 5.75 Å². The van der Waals surface area contributed by atoms with Gasteiger partial charge in [-0.3, -0.25) is 9.59 Å². The molecule has 0 bridgehead atoms. The van der Waals surface area contributed by atoms with E-state index in [1.807, 2.05) is 11.5 Å². The lowest BCUT2D eigenvalue weighted by molar-refractivity contribution is -0.133. The van der Waals surface area contributed by atoms with Crippen molar-refractivity contribution in [2.45, 2.75) is 37.9 Å². The first-order chi connectivity index (χ1) is 10.5. The number of hydrogen-bond acceptors (Lipinski definition) is 5. The van der Waals surface area contributed by atoms with Crippen LogP contribution < -0.4 is 5.43 Å². The van der Waals surface area contributed by atoms with Gasteiger partial charge in [0.2, 0.25) is 5.43 Å². The van der Waals surface area contributed by atoms with Gasteiger partial charge in [-0.1, -0.05) is 23.9 Å². The molecule has 0 radical (unpaired) electrons. The van der Waals surface area contributed by atoms with Gasteiger partial charge >= 0.3 is 5.97 Å². The molecule has 0 saturated carbocycles. The van der Waals surface area contributed by atoms with E-state index in [-0.39, 0.29) is 11.2 Å². The Morgan fingerprint density at radius 1 is 1.50 bits per heavy atom. The fourth-order valence-corrected chi connectivity index (χ4v) is 4.72. The molecule has 1 aliphatic carbocycles. The van der Waals surface area contributed by atoms with E-state index < -0.39 is 5.97 Å². The largest absolute Gasteiger partial charge is 0.481 e. The molecule has 2 heterocycles. The van der Waals surface area contributed by atoms with Crippen LogP contribution >= 0.6 is 23.1 Å². The van der Waals surface area contributed by atoms with Crippen molar-refractivity contribution in [1.29, 1.82) is 0 Å². The zero-order chi connectivity index (χ0) is 15.9. The van der Waals surface area contributed by atoms with Crippen molar-refractivity contribution in [3.05, 3.63) is 32.8 Å². The Balaban J connectivity index is 2.18. The van der Waals surface area contributed by atoms with Crippen LogP contribution in [0.25, 0.3) is 10.3 Å². The molecular weight excluding hydrogens is 320 g/mol. The fourth-order valence-electron chi connectivity index (χ4n) is 2.64. The molecule has 1 aliphatic rings. The summed E-state index contributed by atoms with van der Waals surface area (Å²) in [4.78, 5) is 29.8. The molecule has 0 unspecified atom stereocenters. The monoisotopic (exact) mass is 336 g/mol. The number of carboxylic acid groups (broad SMARTS) is 1. The normalized spacial score (nSPS) is 13.5. The van der Waals surface area contributed by atoms with Gasteiger partial charge in [0.25, 0.3) is 0 Å². The lowest BCUT2D eigenvalue weighted by atomic mass is 10.2. The second-order valence-corrected chi connectivity index (χ2v) is 7.49. The summed E-state index contributed by atoms with van der Waals surface area (Å²) >= 11 is 2.76. The van der Waals surface area contributed by atoms with Gasteiger partial charge in [0.1, 0.15) is 10.3 Å². The van der Waals surface area contributed by atoms with Crippen LogP contribution in [-0.2, 0) is 24.2 Å². The topological polar surface area (TPSA) is 72.2 Å². The minimum absolute atomic E-state index is 0.0129. The Morgan fingerprint density at radius 3 is 2.95 bits per heavy atom. The van der Waals surface area contributed by atoms with E-state index in [0.29, 0.717) is 17.2 Å². The maximum absolute atomic E-state index is 12.6.